The lowest BCUT2D eigenvalue weighted by atomic mass is 10.2. The molecule has 0 spiro atoms. The SMILES string of the molecule is CCCCc1noc(C[S@](=O)c2cccs2)n1. The molecule has 2 rings (SSSR count). The minimum atomic E-state index is -1.07. The lowest BCUT2D eigenvalue weighted by molar-refractivity contribution is 0.383. The first-order valence-corrected chi connectivity index (χ1v) is 7.72. The van der Waals surface area contributed by atoms with Gasteiger partial charge in [0.15, 0.2) is 5.82 Å². The van der Waals surface area contributed by atoms with Gasteiger partial charge in [0, 0.05) is 6.42 Å². The minimum Gasteiger partial charge on any atom is -0.338 e. The highest BCUT2D eigenvalue weighted by Crippen LogP contribution is 2.17. The lowest BCUT2D eigenvalue weighted by Gasteiger charge is -1.92. The van der Waals surface area contributed by atoms with E-state index in [2.05, 4.69) is 17.1 Å². The van der Waals surface area contributed by atoms with Crippen LogP contribution in [0.3, 0.4) is 0 Å². The summed E-state index contributed by atoms with van der Waals surface area (Å²) in [6, 6.07) is 3.74. The highest BCUT2D eigenvalue weighted by atomic mass is 32.2. The van der Waals surface area contributed by atoms with E-state index in [-0.39, 0.29) is 0 Å². The maximum absolute atomic E-state index is 11.9. The molecular weight excluding hydrogens is 256 g/mol. The molecule has 0 aliphatic heterocycles. The average molecular weight is 270 g/mol. The summed E-state index contributed by atoms with van der Waals surface area (Å²) in [6.45, 7) is 2.12. The summed E-state index contributed by atoms with van der Waals surface area (Å²) in [4.78, 5) is 4.23. The monoisotopic (exact) mass is 270 g/mol. The predicted octanol–water partition coefficient (Wildman–Crippen LogP) is 2.78. The van der Waals surface area contributed by atoms with Gasteiger partial charge in [0.1, 0.15) is 5.75 Å². The molecule has 4 nitrogen and oxygen atoms in total. The smallest absolute Gasteiger partial charge is 0.239 e. The minimum absolute atomic E-state index is 0.305. The van der Waals surface area contributed by atoms with Crippen LogP contribution in [0.5, 0.6) is 0 Å². The molecule has 0 radical (unpaired) electrons. The highest BCUT2D eigenvalue weighted by molar-refractivity contribution is 7.86. The third-order valence-corrected chi connectivity index (χ3v) is 4.84. The van der Waals surface area contributed by atoms with E-state index in [9.17, 15) is 4.21 Å². The van der Waals surface area contributed by atoms with Crippen LogP contribution < -0.4 is 0 Å². The molecule has 0 amide bonds. The van der Waals surface area contributed by atoms with Crippen LogP contribution in [0.1, 0.15) is 31.5 Å². The van der Waals surface area contributed by atoms with Crippen LogP contribution in [0.15, 0.2) is 26.2 Å². The Balaban J connectivity index is 1.95. The van der Waals surface area contributed by atoms with Gasteiger partial charge in [-0.05, 0) is 17.9 Å². The fourth-order valence-corrected chi connectivity index (χ4v) is 3.30. The van der Waals surface area contributed by atoms with Gasteiger partial charge in [-0.1, -0.05) is 24.6 Å². The van der Waals surface area contributed by atoms with E-state index in [1.54, 1.807) is 0 Å². The molecule has 2 aromatic rings. The van der Waals surface area contributed by atoms with Crippen LogP contribution in [0.4, 0.5) is 0 Å². The van der Waals surface area contributed by atoms with Gasteiger partial charge in [0.25, 0.3) is 0 Å². The normalized spacial score (nSPS) is 12.8. The molecule has 92 valence electrons. The first-order chi connectivity index (χ1) is 8.29. The lowest BCUT2D eigenvalue weighted by Crippen LogP contribution is -1.95. The van der Waals surface area contributed by atoms with Crippen LogP contribution in [0.25, 0.3) is 0 Å². The molecule has 0 aliphatic carbocycles. The third-order valence-electron chi connectivity index (χ3n) is 2.24. The van der Waals surface area contributed by atoms with Gasteiger partial charge in [0.2, 0.25) is 5.89 Å². The van der Waals surface area contributed by atoms with Crippen molar-refractivity contribution in [2.45, 2.75) is 36.1 Å². The summed E-state index contributed by atoms with van der Waals surface area (Å²) in [7, 11) is -1.07. The van der Waals surface area contributed by atoms with Crippen LogP contribution in [0.2, 0.25) is 0 Å². The van der Waals surface area contributed by atoms with E-state index in [0.29, 0.717) is 17.5 Å². The Kier molecular flexibility index (Phi) is 4.44. The summed E-state index contributed by atoms with van der Waals surface area (Å²) < 4.78 is 17.8. The Morgan fingerprint density at radius 3 is 3.12 bits per heavy atom. The van der Waals surface area contributed by atoms with E-state index >= 15 is 0 Å². The number of hydrogen-bond donors (Lipinski definition) is 0. The Morgan fingerprint density at radius 2 is 2.41 bits per heavy atom. The van der Waals surface area contributed by atoms with Crippen molar-refractivity contribution < 1.29 is 8.73 Å². The van der Waals surface area contributed by atoms with Gasteiger partial charge < -0.3 is 4.52 Å². The van der Waals surface area contributed by atoms with Crippen molar-refractivity contribution >= 4 is 22.1 Å². The number of aromatic nitrogens is 2. The second-order valence-corrected chi connectivity index (χ2v) is 6.26. The van der Waals surface area contributed by atoms with Crippen molar-refractivity contribution in [2.24, 2.45) is 0 Å². The molecule has 0 fully saturated rings. The van der Waals surface area contributed by atoms with Crippen molar-refractivity contribution in [2.75, 3.05) is 0 Å². The molecule has 0 N–H and O–H groups in total. The van der Waals surface area contributed by atoms with Gasteiger partial charge >= 0.3 is 0 Å². The van der Waals surface area contributed by atoms with Gasteiger partial charge in [0.05, 0.1) is 15.0 Å². The molecule has 1 atom stereocenters. The first kappa shape index (κ1) is 12.4. The molecule has 0 bridgehead atoms. The van der Waals surface area contributed by atoms with E-state index in [1.807, 2.05) is 17.5 Å². The van der Waals surface area contributed by atoms with Crippen LogP contribution in [0, 0.1) is 0 Å². The highest BCUT2D eigenvalue weighted by Gasteiger charge is 2.12. The van der Waals surface area contributed by atoms with E-state index < -0.39 is 10.8 Å². The number of aryl methyl sites for hydroxylation is 1. The molecule has 2 heterocycles. The average Bonchev–Trinajstić information content (AvgIpc) is 2.97. The van der Waals surface area contributed by atoms with Crippen molar-refractivity contribution in [1.82, 2.24) is 10.1 Å². The van der Waals surface area contributed by atoms with Crippen LogP contribution in [-0.4, -0.2) is 14.3 Å². The summed E-state index contributed by atoms with van der Waals surface area (Å²) >= 11 is 1.48. The Bertz CT molecular complexity index is 479. The molecule has 0 saturated carbocycles. The summed E-state index contributed by atoms with van der Waals surface area (Å²) in [5.41, 5.74) is 0. The van der Waals surface area contributed by atoms with Gasteiger partial charge in [-0.15, -0.1) is 11.3 Å². The van der Waals surface area contributed by atoms with E-state index in [4.69, 9.17) is 4.52 Å². The molecule has 0 saturated heterocycles. The number of unbranched alkanes of at least 4 members (excludes halogenated alkanes) is 1. The van der Waals surface area contributed by atoms with E-state index in [0.717, 1.165) is 23.5 Å². The first-order valence-electron chi connectivity index (χ1n) is 5.53. The fourth-order valence-electron chi connectivity index (χ4n) is 1.36. The second kappa shape index (κ2) is 6.07. The molecule has 0 aromatic carbocycles. The summed E-state index contributed by atoms with van der Waals surface area (Å²) in [5.74, 6) is 1.48. The fraction of sp³-hybridized carbons (Fsp3) is 0.455. The van der Waals surface area contributed by atoms with Crippen LogP contribution in [-0.2, 0) is 23.0 Å². The second-order valence-electron chi connectivity index (χ2n) is 3.63. The quantitative estimate of drug-likeness (QED) is 0.810. The standard InChI is InChI=1S/C11H14N2O2S2/c1-2-3-5-9-12-10(15-13-9)8-17(14)11-6-4-7-16-11/h4,6-7H,2-3,5,8H2,1H3/t17-/m0/s1. The van der Waals surface area contributed by atoms with E-state index in [1.165, 1.54) is 11.3 Å². The predicted molar refractivity (Wildman–Crippen MR) is 67.3 cm³/mol. The molecule has 0 unspecified atom stereocenters. The van der Waals surface area contributed by atoms with Crippen molar-refractivity contribution in [1.29, 1.82) is 0 Å². The zero-order valence-corrected chi connectivity index (χ0v) is 11.2. The molecule has 2 aromatic heterocycles. The van der Waals surface area contributed by atoms with Crippen molar-refractivity contribution in [3.63, 3.8) is 0 Å². The van der Waals surface area contributed by atoms with Gasteiger partial charge in [-0.2, -0.15) is 4.98 Å². The van der Waals surface area contributed by atoms with Crippen molar-refractivity contribution in [3.8, 4) is 0 Å². The Hall–Kier alpha value is -1.01. The van der Waals surface area contributed by atoms with Crippen molar-refractivity contribution in [3.05, 3.63) is 29.2 Å². The van der Waals surface area contributed by atoms with Crippen LogP contribution >= 0.6 is 11.3 Å². The number of hydrogen-bond acceptors (Lipinski definition) is 5. The number of nitrogens with zero attached hydrogens (tertiary/aromatic N) is 2. The molecule has 17 heavy (non-hydrogen) atoms. The summed E-state index contributed by atoms with van der Waals surface area (Å²) in [5, 5.41) is 5.78. The molecule has 6 heteroatoms. The van der Waals surface area contributed by atoms with Gasteiger partial charge in [-0.25, -0.2) is 0 Å². The largest absolute Gasteiger partial charge is 0.338 e. The number of thiophene rings is 1. The zero-order valence-electron chi connectivity index (χ0n) is 9.59. The maximum Gasteiger partial charge on any atom is 0.239 e. The zero-order chi connectivity index (χ0) is 12.1. The molecular formula is C11H14N2O2S2. The third kappa shape index (κ3) is 3.47. The van der Waals surface area contributed by atoms with Gasteiger partial charge in [-0.3, -0.25) is 4.21 Å². The topological polar surface area (TPSA) is 56.0 Å². The molecule has 0 aliphatic rings. The number of rotatable bonds is 6. The summed E-state index contributed by atoms with van der Waals surface area (Å²) in [6.07, 6.45) is 2.98. The Labute approximate surface area is 107 Å². The maximum atomic E-state index is 11.9. The Morgan fingerprint density at radius 1 is 1.53 bits per heavy atom.